The van der Waals surface area contributed by atoms with Gasteiger partial charge in [-0.3, -0.25) is 0 Å². The molecule has 0 aromatic rings. The fourth-order valence-corrected chi connectivity index (χ4v) is 1.39. The maximum Gasteiger partial charge on any atom is 0.455 e. The van der Waals surface area contributed by atoms with Crippen LogP contribution in [0.15, 0.2) is 0 Å². The van der Waals surface area contributed by atoms with Gasteiger partial charge in [0.25, 0.3) is 0 Å². The van der Waals surface area contributed by atoms with E-state index >= 15 is 0 Å². The minimum atomic E-state index is -5.67. The van der Waals surface area contributed by atoms with Gasteiger partial charge in [-0.1, -0.05) is 6.92 Å². The van der Waals surface area contributed by atoms with Crippen LogP contribution in [0.3, 0.4) is 0 Å². The lowest BCUT2D eigenvalue weighted by Crippen LogP contribution is -2.42. The molecular weight excluding hydrogens is 343 g/mol. The molecule has 0 aromatic carbocycles. The van der Waals surface area contributed by atoms with Crippen LogP contribution < -0.4 is 0 Å². The Morgan fingerprint density at radius 3 is 1.96 bits per heavy atom. The molecule has 0 bridgehead atoms. The number of aliphatic hydroxyl groups is 1. The Balaban J connectivity index is 4.04. The third-order valence-electron chi connectivity index (χ3n) is 3.11. The molecule has 0 aromatic heterocycles. The third kappa shape index (κ3) is 9.07. The van der Waals surface area contributed by atoms with Gasteiger partial charge in [0.2, 0.25) is 0 Å². The maximum absolute atomic E-state index is 12.7. The molecule has 10 heteroatoms. The maximum atomic E-state index is 12.7. The summed E-state index contributed by atoms with van der Waals surface area (Å²) < 4.78 is 81.4. The largest absolute Gasteiger partial charge is 0.455 e. The molecule has 0 amide bonds. The molecule has 146 valence electrons. The first kappa shape index (κ1) is 23.4. The van der Waals surface area contributed by atoms with Crippen molar-refractivity contribution in [1.82, 2.24) is 0 Å². The summed E-state index contributed by atoms with van der Waals surface area (Å²) >= 11 is 0. The van der Waals surface area contributed by atoms with E-state index in [-0.39, 0.29) is 25.9 Å². The van der Waals surface area contributed by atoms with E-state index in [0.29, 0.717) is 6.61 Å². The fourth-order valence-electron chi connectivity index (χ4n) is 1.39. The number of aliphatic hydroxyl groups excluding tert-OH is 1. The minimum absolute atomic E-state index is 0.0728. The first-order chi connectivity index (χ1) is 11.0. The van der Waals surface area contributed by atoms with Crippen molar-refractivity contribution in [3.63, 3.8) is 0 Å². The van der Waals surface area contributed by atoms with Gasteiger partial charge < -0.3 is 24.1 Å². The number of methoxy groups -OCH3 is 1. The Morgan fingerprint density at radius 1 is 0.917 bits per heavy atom. The van der Waals surface area contributed by atoms with E-state index in [4.69, 9.17) is 14.2 Å². The van der Waals surface area contributed by atoms with Crippen molar-refractivity contribution in [3.05, 3.63) is 0 Å². The van der Waals surface area contributed by atoms with E-state index in [2.05, 4.69) is 4.74 Å². The van der Waals surface area contributed by atoms with Gasteiger partial charge in [-0.2, -0.15) is 22.0 Å². The SMILES string of the molecule is COC(C)COCCOCC(C)(CO)COCC(F)(F)C(F)(F)F. The Kier molecular flexibility index (Phi) is 10.2. The highest BCUT2D eigenvalue weighted by Crippen LogP contribution is 2.35. The van der Waals surface area contributed by atoms with Crippen LogP contribution in [-0.4, -0.2) is 76.7 Å². The predicted molar refractivity (Wildman–Crippen MR) is 75.1 cm³/mol. The number of hydrogen-bond acceptors (Lipinski definition) is 5. The molecule has 0 aliphatic carbocycles. The molecule has 0 fully saturated rings. The second-order valence-corrected chi connectivity index (χ2v) is 5.84. The Bertz CT molecular complexity index is 340. The van der Waals surface area contributed by atoms with Crippen molar-refractivity contribution in [2.45, 2.75) is 32.1 Å². The van der Waals surface area contributed by atoms with Gasteiger partial charge in [0.15, 0.2) is 0 Å². The molecule has 2 atom stereocenters. The van der Waals surface area contributed by atoms with Gasteiger partial charge in [-0.25, -0.2) is 0 Å². The predicted octanol–water partition coefficient (Wildman–Crippen LogP) is 2.27. The number of alkyl halides is 5. The van der Waals surface area contributed by atoms with Crippen LogP contribution in [0, 0.1) is 5.41 Å². The molecule has 0 rings (SSSR count). The quantitative estimate of drug-likeness (QED) is 0.399. The lowest BCUT2D eigenvalue weighted by atomic mass is 9.94. The summed E-state index contributed by atoms with van der Waals surface area (Å²) in [4.78, 5) is 0. The van der Waals surface area contributed by atoms with Crippen LogP contribution >= 0.6 is 0 Å². The van der Waals surface area contributed by atoms with Gasteiger partial charge in [-0.15, -0.1) is 0 Å². The highest BCUT2D eigenvalue weighted by molar-refractivity contribution is 4.77. The molecule has 0 saturated heterocycles. The molecule has 0 aliphatic heterocycles. The summed E-state index contributed by atoms with van der Waals surface area (Å²) in [6.45, 7) is 1.18. The molecule has 0 spiro atoms. The summed E-state index contributed by atoms with van der Waals surface area (Å²) in [7, 11) is 1.54. The van der Waals surface area contributed by atoms with Gasteiger partial charge >= 0.3 is 12.1 Å². The highest BCUT2D eigenvalue weighted by atomic mass is 19.4. The molecule has 5 nitrogen and oxygen atoms in total. The average molecular weight is 368 g/mol. The van der Waals surface area contributed by atoms with Crippen molar-refractivity contribution in [3.8, 4) is 0 Å². The van der Waals surface area contributed by atoms with E-state index < -0.39 is 37.3 Å². The number of hydrogen-bond donors (Lipinski definition) is 1. The first-order valence-electron chi connectivity index (χ1n) is 7.29. The summed E-state index contributed by atoms with van der Waals surface area (Å²) in [5, 5.41) is 9.26. The smallest absolute Gasteiger partial charge is 0.396 e. The Labute approximate surface area is 138 Å². The van der Waals surface area contributed by atoms with Gasteiger partial charge in [0, 0.05) is 12.5 Å². The number of rotatable bonds is 13. The van der Waals surface area contributed by atoms with Crippen molar-refractivity contribution >= 4 is 0 Å². The van der Waals surface area contributed by atoms with Crippen LogP contribution in [0.4, 0.5) is 22.0 Å². The highest BCUT2D eigenvalue weighted by Gasteiger charge is 2.57. The van der Waals surface area contributed by atoms with E-state index in [1.807, 2.05) is 6.92 Å². The van der Waals surface area contributed by atoms with E-state index in [9.17, 15) is 27.1 Å². The van der Waals surface area contributed by atoms with Crippen LogP contribution in [0.1, 0.15) is 13.8 Å². The van der Waals surface area contributed by atoms with Crippen molar-refractivity contribution in [1.29, 1.82) is 0 Å². The first-order valence-corrected chi connectivity index (χ1v) is 7.29. The van der Waals surface area contributed by atoms with Gasteiger partial charge in [0.05, 0.1) is 45.7 Å². The second kappa shape index (κ2) is 10.4. The van der Waals surface area contributed by atoms with Crippen molar-refractivity contribution in [2.75, 3.05) is 53.4 Å². The molecular formula is C14H25F5O5. The fraction of sp³-hybridized carbons (Fsp3) is 1.00. The zero-order valence-corrected chi connectivity index (χ0v) is 14.0. The van der Waals surface area contributed by atoms with Crippen molar-refractivity contribution in [2.24, 2.45) is 5.41 Å². The monoisotopic (exact) mass is 368 g/mol. The zero-order chi connectivity index (χ0) is 18.9. The average Bonchev–Trinajstić information content (AvgIpc) is 2.49. The van der Waals surface area contributed by atoms with E-state index in [0.717, 1.165) is 0 Å². The van der Waals surface area contributed by atoms with E-state index in [1.54, 1.807) is 7.11 Å². The zero-order valence-electron chi connectivity index (χ0n) is 14.0. The summed E-state index contributed by atoms with van der Waals surface area (Å²) in [6.07, 6.45) is -5.74. The number of ether oxygens (including phenoxy) is 4. The lowest BCUT2D eigenvalue weighted by Gasteiger charge is -2.28. The molecule has 2 unspecified atom stereocenters. The molecule has 24 heavy (non-hydrogen) atoms. The second-order valence-electron chi connectivity index (χ2n) is 5.84. The molecule has 0 heterocycles. The van der Waals surface area contributed by atoms with Gasteiger partial charge in [-0.05, 0) is 6.92 Å². The topological polar surface area (TPSA) is 57.2 Å². The molecule has 0 aliphatic rings. The Hall–Kier alpha value is -0.550. The number of halogens is 5. The standard InChI is InChI=1S/C14H25F5O5/c1-11(21-3)6-22-4-5-23-8-12(2,7-20)9-24-10-13(15,16)14(17,18)19/h11,20H,4-10H2,1-3H3. The van der Waals surface area contributed by atoms with Gasteiger partial charge in [0.1, 0.15) is 6.61 Å². The van der Waals surface area contributed by atoms with Crippen molar-refractivity contribution < 1.29 is 46.0 Å². The lowest BCUT2D eigenvalue weighted by molar-refractivity contribution is -0.298. The summed E-state index contributed by atoms with van der Waals surface area (Å²) in [6, 6.07) is 0. The Morgan fingerprint density at radius 2 is 1.46 bits per heavy atom. The van der Waals surface area contributed by atoms with Crippen LogP contribution in [0.2, 0.25) is 0 Å². The van der Waals surface area contributed by atoms with Crippen LogP contribution in [-0.2, 0) is 18.9 Å². The normalized spacial score (nSPS) is 16.9. The van der Waals surface area contributed by atoms with E-state index in [1.165, 1.54) is 6.92 Å². The summed E-state index contributed by atoms with van der Waals surface area (Å²) in [5.74, 6) is -4.93. The van der Waals surface area contributed by atoms with Crippen LogP contribution in [0.5, 0.6) is 0 Å². The molecule has 0 saturated carbocycles. The molecule has 0 radical (unpaired) electrons. The summed E-state index contributed by atoms with van der Waals surface area (Å²) in [5.41, 5.74) is -1.10. The van der Waals surface area contributed by atoms with Crippen LogP contribution in [0.25, 0.3) is 0 Å². The molecule has 1 N–H and O–H groups in total. The third-order valence-corrected chi connectivity index (χ3v) is 3.11. The minimum Gasteiger partial charge on any atom is -0.396 e.